The Labute approximate surface area is 317 Å². The van der Waals surface area contributed by atoms with E-state index in [2.05, 4.69) is 107 Å². The largest absolute Gasteiger partial charge is 0 e. The number of carbonyl (C=O) groups is 1. The van der Waals surface area contributed by atoms with Crippen molar-refractivity contribution in [3.05, 3.63) is 96.4 Å². The molecule has 0 aliphatic carbocycles. The maximum Gasteiger partial charge on any atom is 0 e. The topological polar surface area (TPSA) is 50.2 Å². The third-order valence-electron chi connectivity index (χ3n) is 9.27. The monoisotopic (exact) mass is 918 g/mol. The first kappa shape index (κ1) is 39.2. The summed E-state index contributed by atoms with van der Waals surface area (Å²) < 4.78 is 11.5. The van der Waals surface area contributed by atoms with Crippen LogP contribution in [0.4, 0.5) is 0 Å². The maximum atomic E-state index is 11.7. The Morgan fingerprint density at radius 3 is 2.22 bits per heavy atom. The summed E-state index contributed by atoms with van der Waals surface area (Å²) in [5.74, 6) is 0.547. The molecular formula is C43H54IrNO2SeSi-. The van der Waals surface area contributed by atoms with E-state index < -0.39 is 8.07 Å². The molecule has 0 unspecified atom stereocenters. The van der Waals surface area contributed by atoms with E-state index in [1.807, 2.05) is 33.9 Å². The second kappa shape index (κ2) is 17.6. The van der Waals surface area contributed by atoms with Gasteiger partial charge in [0, 0.05) is 38.0 Å². The number of benzene rings is 3. The van der Waals surface area contributed by atoms with Crippen molar-refractivity contribution in [3.63, 3.8) is 0 Å². The molecule has 0 aliphatic rings. The van der Waals surface area contributed by atoms with Gasteiger partial charge >= 0.3 is 206 Å². The Hall–Kier alpha value is -2.59. The third kappa shape index (κ3) is 10.2. The number of pyridine rings is 1. The Balaban J connectivity index is 0.000000361. The summed E-state index contributed by atoms with van der Waals surface area (Å²) in [4.78, 5) is 16.4. The number of carbonyl (C=O) groups excluding carboxylic acids is 1. The summed E-state index contributed by atoms with van der Waals surface area (Å²) in [6.07, 6.45) is 6.79. The van der Waals surface area contributed by atoms with Crippen LogP contribution < -0.4 is 5.19 Å². The first-order chi connectivity index (χ1) is 23.1. The molecule has 5 aromatic rings. The molecule has 0 saturated carbocycles. The van der Waals surface area contributed by atoms with E-state index in [1.54, 1.807) is 0 Å². The average molecular weight is 917 g/mol. The fourth-order valence-electron chi connectivity index (χ4n) is 6.06. The summed E-state index contributed by atoms with van der Waals surface area (Å²) in [6.45, 7) is 21.9. The van der Waals surface area contributed by atoms with E-state index >= 15 is 0 Å². The first-order valence-corrected chi connectivity index (χ1v) is 22.7. The van der Waals surface area contributed by atoms with E-state index in [9.17, 15) is 9.90 Å². The smallest absolute Gasteiger partial charge is 0 e. The number of hydrogen-bond acceptors (Lipinski definition) is 3. The normalized spacial score (nSPS) is 12.6. The van der Waals surface area contributed by atoms with Crippen LogP contribution in [0, 0.1) is 17.9 Å². The predicted molar refractivity (Wildman–Crippen MR) is 211 cm³/mol. The van der Waals surface area contributed by atoms with Crippen LogP contribution >= 0.6 is 0 Å². The predicted octanol–water partition coefficient (Wildman–Crippen LogP) is 11.3. The second-order valence-corrected chi connectivity index (χ2v) is 22.1. The average Bonchev–Trinajstić information content (AvgIpc) is 3.40. The quantitative estimate of drug-likeness (QED) is 0.0657. The van der Waals surface area contributed by atoms with Gasteiger partial charge in [0.1, 0.15) is 0 Å². The van der Waals surface area contributed by atoms with Gasteiger partial charge < -0.3 is 5.11 Å². The molecule has 2 heterocycles. The van der Waals surface area contributed by atoms with E-state index in [-0.39, 0.29) is 63.4 Å². The van der Waals surface area contributed by atoms with Crippen LogP contribution in [0.15, 0.2) is 84.7 Å². The van der Waals surface area contributed by atoms with Gasteiger partial charge in [-0.25, -0.2) is 0 Å². The van der Waals surface area contributed by atoms with Crippen LogP contribution in [0.1, 0.15) is 81.1 Å². The minimum Gasteiger partial charge on any atom is 0 e. The molecule has 6 heteroatoms. The number of ketones is 1. The molecule has 0 spiro atoms. The van der Waals surface area contributed by atoms with Crippen LogP contribution in [0.25, 0.3) is 41.7 Å². The fourth-order valence-corrected chi connectivity index (χ4v) is 9.28. The molecular weight excluding hydrogens is 862 g/mol. The molecule has 263 valence electrons. The summed E-state index contributed by atoms with van der Waals surface area (Å²) in [6, 6.07) is 26.1. The van der Waals surface area contributed by atoms with Crippen LogP contribution in [0.5, 0.6) is 0 Å². The van der Waals surface area contributed by atoms with Crippen molar-refractivity contribution in [1.29, 1.82) is 0 Å². The van der Waals surface area contributed by atoms with E-state index in [0.29, 0.717) is 6.04 Å². The minimum atomic E-state index is -1.42. The molecule has 1 radical (unpaired) electrons. The van der Waals surface area contributed by atoms with Crippen molar-refractivity contribution in [2.24, 2.45) is 11.8 Å². The number of nitrogens with zero attached hydrogens (tertiary/aromatic N) is 1. The van der Waals surface area contributed by atoms with Crippen molar-refractivity contribution in [1.82, 2.24) is 4.98 Å². The van der Waals surface area contributed by atoms with Gasteiger partial charge in [-0.15, -0.1) is 0 Å². The number of aromatic nitrogens is 1. The van der Waals surface area contributed by atoms with Gasteiger partial charge in [-0.3, -0.25) is 4.79 Å². The molecule has 0 bridgehead atoms. The van der Waals surface area contributed by atoms with Crippen LogP contribution in [0.3, 0.4) is 0 Å². The Morgan fingerprint density at radius 2 is 1.61 bits per heavy atom. The summed E-state index contributed by atoms with van der Waals surface area (Å²) in [7, 11) is -1.42. The zero-order chi connectivity index (χ0) is 36.1. The number of fused-ring (bicyclic) bond motifs is 2. The van der Waals surface area contributed by atoms with Crippen molar-refractivity contribution in [2.75, 3.05) is 0 Å². The van der Waals surface area contributed by atoms with Gasteiger partial charge in [-0.2, -0.15) is 0 Å². The Kier molecular flexibility index (Phi) is 14.0. The van der Waals surface area contributed by atoms with Gasteiger partial charge in [0.05, 0.1) is 5.76 Å². The summed E-state index contributed by atoms with van der Waals surface area (Å²) in [5.41, 5.74) is 4.37. The molecule has 0 saturated heterocycles. The van der Waals surface area contributed by atoms with Crippen LogP contribution in [-0.4, -0.2) is 38.5 Å². The molecule has 0 atom stereocenters. The number of allylic oxidation sites excluding steroid dienone is 2. The summed E-state index contributed by atoms with van der Waals surface area (Å²) >= 11 is 0.132. The van der Waals surface area contributed by atoms with Gasteiger partial charge in [0.15, 0.2) is 5.78 Å². The molecule has 1 N–H and O–H groups in total. The van der Waals surface area contributed by atoms with E-state index in [1.165, 1.54) is 26.5 Å². The van der Waals surface area contributed by atoms with Crippen molar-refractivity contribution in [2.45, 2.75) is 99.2 Å². The molecule has 0 amide bonds. The van der Waals surface area contributed by atoms with Crippen molar-refractivity contribution in [3.8, 4) is 21.3 Å². The number of aliphatic hydroxyl groups excluding tert-OH is 1. The van der Waals surface area contributed by atoms with Crippen LogP contribution in [-0.2, 0) is 30.3 Å². The molecule has 0 aliphatic heterocycles. The zero-order valence-electron chi connectivity index (χ0n) is 32.0. The molecule has 0 fully saturated rings. The SMILES string of the molecule is CCC(CC)C(=O)/C=C(\O)C(CC)CC.[2H]c1c(-c2ccnc(-c3[c-]c4ccccc4c(C(C)(C)C)c3)c2)[se]c2ccc([Si](C)(C)C)cc12.[Ir]. The minimum absolute atomic E-state index is 0. The van der Waals surface area contributed by atoms with Crippen LogP contribution in [0.2, 0.25) is 19.6 Å². The second-order valence-electron chi connectivity index (χ2n) is 14.8. The molecule has 49 heavy (non-hydrogen) atoms. The van der Waals surface area contributed by atoms with E-state index in [4.69, 9.17) is 6.35 Å². The number of aliphatic hydroxyl groups is 1. The number of hydrogen-bond donors (Lipinski definition) is 1. The standard InChI is InChI=1S/C30H30NSeSi.C13H24O2.Ir/c1-30(2,3)26-17-22(15-20-9-7-8-10-25(20)26)27-18-21(13-14-31-27)29-19-23-16-24(33(4,5)6)11-12-28(23)32-29;1-5-10(6-2)12(14)9-13(15)11(7-3)8-4;/h7-14,16-19H,1-6H3;9-11,14H,5-8H2,1-4H3;/q-1;;/b;12-9-;/i19D;;. The van der Waals surface area contributed by atoms with Gasteiger partial charge in [0.25, 0.3) is 0 Å². The molecule has 5 rings (SSSR count). The van der Waals surface area contributed by atoms with Gasteiger partial charge in [-0.05, 0) is 25.7 Å². The molecule has 3 nitrogen and oxygen atoms in total. The van der Waals surface area contributed by atoms with Crippen molar-refractivity contribution >= 4 is 54.0 Å². The molecule has 2 aromatic heterocycles. The van der Waals surface area contributed by atoms with Gasteiger partial charge in [-0.1, -0.05) is 27.7 Å². The maximum absolute atomic E-state index is 11.7. The molecule has 3 aromatic carbocycles. The Bertz CT molecular complexity index is 1940. The Morgan fingerprint density at radius 1 is 0.959 bits per heavy atom. The zero-order valence-corrected chi connectivity index (χ0v) is 36.1. The van der Waals surface area contributed by atoms with Gasteiger partial charge in [0.2, 0.25) is 0 Å². The summed E-state index contributed by atoms with van der Waals surface area (Å²) in [5, 5.41) is 14.7. The number of rotatable bonds is 10. The fraction of sp³-hybridized carbons (Fsp3) is 0.395. The van der Waals surface area contributed by atoms with Crippen molar-refractivity contribution < 1.29 is 31.4 Å². The first-order valence-electron chi connectivity index (χ1n) is 18.0. The third-order valence-corrected chi connectivity index (χ3v) is 13.7. The van der Waals surface area contributed by atoms with E-state index in [0.717, 1.165) is 57.7 Å².